The lowest BCUT2D eigenvalue weighted by Gasteiger charge is -2.13. The minimum atomic E-state index is -0.153. The Morgan fingerprint density at radius 3 is 2.55 bits per heavy atom. The van der Waals surface area contributed by atoms with Crippen LogP contribution in [0.5, 0.6) is 0 Å². The molecule has 0 aliphatic carbocycles. The Balaban J connectivity index is 1.50. The lowest BCUT2D eigenvalue weighted by atomic mass is 9.94. The Bertz CT molecular complexity index is 1020. The van der Waals surface area contributed by atoms with Gasteiger partial charge in [-0.15, -0.1) is 0 Å². The Kier molecular flexibility index (Phi) is 7.12. The van der Waals surface area contributed by atoms with Crippen LogP contribution >= 0.6 is 0 Å². The molecule has 3 rings (SSSR count). The fourth-order valence-corrected chi connectivity index (χ4v) is 2.81. The smallest absolute Gasteiger partial charge is 0.251 e. The van der Waals surface area contributed by atoms with Crippen molar-refractivity contribution in [1.29, 1.82) is 0 Å². The van der Waals surface area contributed by atoms with Crippen molar-refractivity contribution in [1.82, 2.24) is 20.9 Å². The quantitative estimate of drug-likeness (QED) is 0.398. The maximum absolute atomic E-state index is 12.4. The second-order valence-electron chi connectivity index (χ2n) is 8.11. The first-order valence-electron chi connectivity index (χ1n) is 10.1. The van der Waals surface area contributed by atoms with Crippen molar-refractivity contribution >= 4 is 11.9 Å². The van der Waals surface area contributed by atoms with Gasteiger partial charge < -0.3 is 24.8 Å². The number of aromatic nitrogens is 1. The van der Waals surface area contributed by atoms with Gasteiger partial charge in [-0.25, -0.2) is 4.98 Å². The predicted molar refractivity (Wildman–Crippen MR) is 119 cm³/mol. The third-order valence-corrected chi connectivity index (χ3v) is 4.58. The average Bonchev–Trinajstić information content (AvgIpc) is 3.44. The highest BCUT2D eigenvalue weighted by Crippen LogP contribution is 2.22. The molecule has 0 spiro atoms. The molecule has 0 bridgehead atoms. The number of aliphatic imine (C=N–C) groups is 1. The first-order chi connectivity index (χ1) is 14.8. The molecule has 3 N–H and O–H groups in total. The average molecular weight is 424 g/mol. The van der Waals surface area contributed by atoms with E-state index in [4.69, 9.17) is 8.83 Å². The summed E-state index contributed by atoms with van der Waals surface area (Å²) >= 11 is 0. The maximum Gasteiger partial charge on any atom is 0.251 e. The van der Waals surface area contributed by atoms with Gasteiger partial charge in [-0.2, -0.15) is 0 Å². The molecule has 0 aliphatic rings. The first-order valence-corrected chi connectivity index (χ1v) is 10.1. The molecule has 31 heavy (non-hydrogen) atoms. The second-order valence-corrected chi connectivity index (χ2v) is 8.11. The number of hydrogen-bond donors (Lipinski definition) is 3. The van der Waals surface area contributed by atoms with Gasteiger partial charge in [0.15, 0.2) is 5.96 Å². The molecule has 1 aromatic carbocycles. The summed E-state index contributed by atoms with van der Waals surface area (Å²) in [6.45, 7) is 7.52. The summed E-state index contributed by atoms with van der Waals surface area (Å²) in [5.74, 6) is 2.61. The van der Waals surface area contributed by atoms with Crippen LogP contribution < -0.4 is 16.0 Å². The van der Waals surface area contributed by atoms with E-state index in [0.29, 0.717) is 42.8 Å². The van der Waals surface area contributed by atoms with Crippen molar-refractivity contribution in [3.8, 4) is 0 Å². The summed E-state index contributed by atoms with van der Waals surface area (Å²) in [5, 5.41) is 9.27. The summed E-state index contributed by atoms with van der Waals surface area (Å²) in [4.78, 5) is 20.9. The molecule has 3 aromatic rings. The minimum Gasteiger partial charge on any atom is -0.467 e. The van der Waals surface area contributed by atoms with E-state index in [2.05, 4.69) is 46.7 Å². The van der Waals surface area contributed by atoms with Crippen LogP contribution in [0.4, 0.5) is 0 Å². The Morgan fingerprint density at radius 2 is 1.87 bits per heavy atom. The standard InChI is InChI=1S/C23H29N5O3/c1-23(2,3)19-14-25-20(31-19)15-28-22(24-4)27-12-16-7-5-8-17(11-16)21(29)26-13-18-9-6-10-30-18/h5-11,14H,12-13,15H2,1-4H3,(H,26,29)(H2,24,27,28). The Morgan fingerprint density at radius 1 is 1.06 bits per heavy atom. The van der Waals surface area contributed by atoms with Crippen molar-refractivity contribution in [3.05, 3.63) is 77.4 Å². The van der Waals surface area contributed by atoms with Gasteiger partial charge in [0.1, 0.15) is 11.5 Å². The van der Waals surface area contributed by atoms with Gasteiger partial charge in [0.05, 0.1) is 25.5 Å². The molecule has 8 heteroatoms. The van der Waals surface area contributed by atoms with Crippen LogP contribution in [0.2, 0.25) is 0 Å². The van der Waals surface area contributed by atoms with E-state index in [1.54, 1.807) is 31.6 Å². The van der Waals surface area contributed by atoms with Crippen molar-refractivity contribution in [2.45, 2.75) is 45.8 Å². The molecular formula is C23H29N5O3. The molecule has 164 valence electrons. The number of benzene rings is 1. The zero-order valence-corrected chi connectivity index (χ0v) is 18.4. The van der Waals surface area contributed by atoms with Gasteiger partial charge in [0, 0.05) is 24.6 Å². The van der Waals surface area contributed by atoms with Crippen LogP contribution in [0.25, 0.3) is 0 Å². The Labute approximate surface area is 182 Å². The summed E-state index contributed by atoms with van der Waals surface area (Å²) in [6, 6.07) is 11.1. The number of carbonyl (C=O) groups is 1. The van der Waals surface area contributed by atoms with Gasteiger partial charge in [-0.05, 0) is 29.8 Å². The SMILES string of the molecule is CN=C(NCc1cccc(C(=O)NCc2ccco2)c1)NCc1ncc(C(C)(C)C)o1. The monoisotopic (exact) mass is 423 g/mol. The first kappa shape index (κ1) is 22.1. The van der Waals surface area contributed by atoms with E-state index in [0.717, 1.165) is 11.3 Å². The maximum atomic E-state index is 12.4. The lowest BCUT2D eigenvalue weighted by molar-refractivity contribution is 0.0948. The number of rotatable bonds is 7. The number of nitrogens with zero attached hydrogens (tertiary/aromatic N) is 2. The molecule has 0 atom stereocenters. The number of nitrogens with one attached hydrogen (secondary N) is 3. The summed E-state index contributed by atoms with van der Waals surface area (Å²) < 4.78 is 11.0. The van der Waals surface area contributed by atoms with Gasteiger partial charge in [-0.3, -0.25) is 9.79 Å². The summed E-state index contributed by atoms with van der Waals surface area (Å²) in [6.07, 6.45) is 3.34. The van der Waals surface area contributed by atoms with Gasteiger partial charge in [0.25, 0.3) is 5.91 Å². The zero-order chi connectivity index (χ0) is 22.3. The highest BCUT2D eigenvalue weighted by molar-refractivity contribution is 5.94. The van der Waals surface area contributed by atoms with Crippen LogP contribution in [-0.2, 0) is 25.0 Å². The second kappa shape index (κ2) is 9.97. The fourth-order valence-electron chi connectivity index (χ4n) is 2.81. The van der Waals surface area contributed by atoms with Crippen LogP contribution in [0.3, 0.4) is 0 Å². The number of amides is 1. The van der Waals surface area contributed by atoms with Crippen LogP contribution in [0, 0.1) is 0 Å². The highest BCUT2D eigenvalue weighted by Gasteiger charge is 2.19. The molecule has 2 heterocycles. The largest absolute Gasteiger partial charge is 0.467 e. The van der Waals surface area contributed by atoms with Crippen molar-refractivity contribution < 1.29 is 13.6 Å². The van der Waals surface area contributed by atoms with Crippen LogP contribution in [0.1, 0.15) is 54.1 Å². The van der Waals surface area contributed by atoms with Gasteiger partial charge in [-0.1, -0.05) is 32.9 Å². The molecule has 0 saturated heterocycles. The fraction of sp³-hybridized carbons (Fsp3) is 0.348. The lowest BCUT2D eigenvalue weighted by Crippen LogP contribution is -2.36. The van der Waals surface area contributed by atoms with E-state index in [-0.39, 0.29) is 11.3 Å². The number of guanidine groups is 1. The van der Waals surface area contributed by atoms with E-state index < -0.39 is 0 Å². The van der Waals surface area contributed by atoms with Crippen LogP contribution in [-0.4, -0.2) is 23.9 Å². The van der Waals surface area contributed by atoms with Gasteiger partial charge in [0.2, 0.25) is 5.89 Å². The number of oxazole rings is 1. The minimum absolute atomic E-state index is 0.0829. The molecule has 8 nitrogen and oxygen atoms in total. The zero-order valence-electron chi connectivity index (χ0n) is 18.4. The topological polar surface area (TPSA) is 105 Å². The molecular weight excluding hydrogens is 394 g/mol. The van der Waals surface area contributed by atoms with E-state index in [9.17, 15) is 4.79 Å². The third kappa shape index (κ3) is 6.47. The highest BCUT2D eigenvalue weighted by atomic mass is 16.4. The normalized spacial score (nSPS) is 11.9. The van der Waals surface area contributed by atoms with Crippen molar-refractivity contribution in [2.75, 3.05) is 7.05 Å². The molecule has 0 unspecified atom stereocenters. The third-order valence-electron chi connectivity index (χ3n) is 4.58. The van der Waals surface area contributed by atoms with E-state index in [1.165, 1.54) is 0 Å². The molecule has 1 amide bonds. The number of hydrogen-bond acceptors (Lipinski definition) is 5. The molecule has 2 aromatic heterocycles. The predicted octanol–water partition coefficient (Wildman–Crippen LogP) is 3.36. The Hall–Kier alpha value is -3.55. The van der Waals surface area contributed by atoms with Crippen molar-refractivity contribution in [3.63, 3.8) is 0 Å². The van der Waals surface area contributed by atoms with Gasteiger partial charge >= 0.3 is 0 Å². The summed E-state index contributed by atoms with van der Waals surface area (Å²) in [5.41, 5.74) is 1.46. The number of furan rings is 1. The van der Waals surface area contributed by atoms with Crippen molar-refractivity contribution in [2.24, 2.45) is 4.99 Å². The van der Waals surface area contributed by atoms with Crippen LogP contribution in [0.15, 0.2) is 62.7 Å². The molecule has 0 saturated carbocycles. The molecule has 0 fully saturated rings. The molecule has 0 aliphatic heterocycles. The molecule has 0 radical (unpaired) electrons. The number of carbonyl (C=O) groups excluding carboxylic acids is 1. The van der Waals surface area contributed by atoms with E-state index >= 15 is 0 Å². The van der Waals surface area contributed by atoms with E-state index in [1.807, 2.05) is 24.3 Å². The summed E-state index contributed by atoms with van der Waals surface area (Å²) in [7, 11) is 1.70.